The van der Waals surface area contributed by atoms with Crippen molar-refractivity contribution in [3.63, 3.8) is 0 Å². The highest BCUT2D eigenvalue weighted by Gasteiger charge is 2.07. The zero-order chi connectivity index (χ0) is 9.84. The standard InChI is InChI=1S/C9H8ClFO2/c10-4-3-8(12)6-1-2-7(11)9(13)5-6/h1-2,5,13H,3-4H2. The minimum Gasteiger partial charge on any atom is -0.505 e. The number of phenolic OH excluding ortho intramolecular Hbond substituents is 1. The number of hydrogen-bond donors (Lipinski definition) is 1. The van der Waals surface area contributed by atoms with Gasteiger partial charge in [-0.25, -0.2) is 4.39 Å². The van der Waals surface area contributed by atoms with Crippen molar-refractivity contribution in [3.05, 3.63) is 29.6 Å². The summed E-state index contributed by atoms with van der Waals surface area (Å²) < 4.78 is 12.6. The predicted octanol–water partition coefficient (Wildman–Crippen LogP) is 2.34. The zero-order valence-electron chi connectivity index (χ0n) is 6.76. The third-order valence-corrected chi connectivity index (χ3v) is 1.78. The first kappa shape index (κ1) is 9.99. The fraction of sp³-hybridized carbons (Fsp3) is 0.222. The molecule has 0 aliphatic rings. The lowest BCUT2D eigenvalue weighted by Gasteiger charge is -1.99. The van der Waals surface area contributed by atoms with E-state index in [9.17, 15) is 9.18 Å². The van der Waals surface area contributed by atoms with E-state index in [-0.39, 0.29) is 23.6 Å². The molecule has 2 nitrogen and oxygen atoms in total. The molecule has 1 aromatic rings. The van der Waals surface area contributed by atoms with Crippen molar-refractivity contribution >= 4 is 17.4 Å². The number of alkyl halides is 1. The summed E-state index contributed by atoms with van der Waals surface area (Å²) in [6.45, 7) is 0. The number of Topliss-reactive ketones (excluding diaryl/α,β-unsaturated/α-hetero) is 1. The van der Waals surface area contributed by atoms with Crippen molar-refractivity contribution in [1.29, 1.82) is 0 Å². The molecule has 1 aromatic carbocycles. The molecule has 0 bridgehead atoms. The molecule has 0 amide bonds. The van der Waals surface area contributed by atoms with Crippen molar-refractivity contribution in [2.75, 3.05) is 5.88 Å². The van der Waals surface area contributed by atoms with Gasteiger partial charge in [0.2, 0.25) is 0 Å². The highest BCUT2D eigenvalue weighted by atomic mass is 35.5. The van der Waals surface area contributed by atoms with Gasteiger partial charge in [0.15, 0.2) is 17.3 Å². The lowest BCUT2D eigenvalue weighted by Crippen LogP contribution is -1.99. The van der Waals surface area contributed by atoms with Crippen LogP contribution >= 0.6 is 11.6 Å². The van der Waals surface area contributed by atoms with E-state index in [0.29, 0.717) is 0 Å². The van der Waals surface area contributed by atoms with E-state index in [1.165, 1.54) is 6.07 Å². The Kier molecular flexibility index (Phi) is 3.25. The molecule has 0 spiro atoms. The summed E-state index contributed by atoms with van der Waals surface area (Å²) >= 11 is 5.36. The van der Waals surface area contributed by atoms with Crippen LogP contribution in [0, 0.1) is 5.82 Å². The van der Waals surface area contributed by atoms with E-state index in [2.05, 4.69) is 0 Å². The van der Waals surface area contributed by atoms with E-state index in [4.69, 9.17) is 16.7 Å². The van der Waals surface area contributed by atoms with Crippen LogP contribution in [0.25, 0.3) is 0 Å². The Hall–Kier alpha value is -1.09. The number of ketones is 1. The number of rotatable bonds is 3. The van der Waals surface area contributed by atoms with Crippen molar-refractivity contribution in [2.24, 2.45) is 0 Å². The summed E-state index contributed by atoms with van der Waals surface area (Å²) in [7, 11) is 0. The number of carbonyl (C=O) groups excluding carboxylic acids is 1. The molecule has 0 saturated carbocycles. The molecule has 0 fully saturated rings. The first-order chi connectivity index (χ1) is 6.15. The molecule has 0 saturated heterocycles. The molecule has 0 unspecified atom stereocenters. The van der Waals surface area contributed by atoms with Crippen molar-refractivity contribution in [3.8, 4) is 5.75 Å². The van der Waals surface area contributed by atoms with E-state index in [1.54, 1.807) is 0 Å². The van der Waals surface area contributed by atoms with Gasteiger partial charge in [0.1, 0.15) is 0 Å². The first-order valence-corrected chi connectivity index (χ1v) is 4.26. The van der Waals surface area contributed by atoms with Gasteiger partial charge in [0.05, 0.1) is 0 Å². The Morgan fingerprint density at radius 1 is 1.54 bits per heavy atom. The maximum atomic E-state index is 12.6. The molecule has 0 aromatic heterocycles. The van der Waals surface area contributed by atoms with Gasteiger partial charge in [-0.3, -0.25) is 4.79 Å². The molecule has 0 aliphatic carbocycles. The summed E-state index contributed by atoms with van der Waals surface area (Å²) in [4.78, 5) is 11.2. The minimum atomic E-state index is -0.734. The van der Waals surface area contributed by atoms with Crippen LogP contribution < -0.4 is 0 Å². The molecular formula is C9H8ClFO2. The first-order valence-electron chi connectivity index (χ1n) is 3.73. The Balaban J connectivity index is 2.90. The minimum absolute atomic E-state index is 0.187. The van der Waals surface area contributed by atoms with Crippen LogP contribution in [0.4, 0.5) is 4.39 Å². The maximum Gasteiger partial charge on any atom is 0.164 e. The molecule has 70 valence electrons. The molecule has 1 rings (SSSR count). The number of hydrogen-bond acceptors (Lipinski definition) is 2. The van der Waals surface area contributed by atoms with Crippen molar-refractivity contribution < 1.29 is 14.3 Å². The molecule has 4 heteroatoms. The average molecular weight is 203 g/mol. The van der Waals surface area contributed by atoms with Crippen LogP contribution in [-0.2, 0) is 0 Å². The van der Waals surface area contributed by atoms with Gasteiger partial charge >= 0.3 is 0 Å². The third-order valence-electron chi connectivity index (χ3n) is 1.59. The van der Waals surface area contributed by atoms with E-state index in [0.717, 1.165) is 12.1 Å². The van der Waals surface area contributed by atoms with Gasteiger partial charge in [0.25, 0.3) is 0 Å². The largest absolute Gasteiger partial charge is 0.505 e. The van der Waals surface area contributed by atoms with Gasteiger partial charge in [-0.1, -0.05) is 0 Å². The quantitative estimate of drug-likeness (QED) is 0.604. The lowest BCUT2D eigenvalue weighted by atomic mass is 10.1. The SMILES string of the molecule is O=C(CCCl)c1ccc(F)c(O)c1. The Morgan fingerprint density at radius 3 is 2.77 bits per heavy atom. The Labute approximate surface area is 80.0 Å². The predicted molar refractivity (Wildman–Crippen MR) is 47.7 cm³/mol. The molecular weight excluding hydrogens is 195 g/mol. The van der Waals surface area contributed by atoms with E-state index >= 15 is 0 Å². The second-order valence-corrected chi connectivity index (χ2v) is 2.91. The highest BCUT2D eigenvalue weighted by molar-refractivity contribution is 6.19. The maximum absolute atomic E-state index is 12.6. The summed E-state index contributed by atoms with van der Waals surface area (Å²) in [5.74, 6) is -1.23. The van der Waals surface area contributed by atoms with E-state index in [1.807, 2.05) is 0 Å². The molecule has 1 N–H and O–H groups in total. The van der Waals surface area contributed by atoms with E-state index < -0.39 is 11.6 Å². The van der Waals surface area contributed by atoms with Crippen LogP contribution in [0.15, 0.2) is 18.2 Å². The second-order valence-electron chi connectivity index (χ2n) is 2.53. The fourth-order valence-corrected chi connectivity index (χ4v) is 1.09. The van der Waals surface area contributed by atoms with Crippen LogP contribution in [0.2, 0.25) is 0 Å². The fourth-order valence-electron chi connectivity index (χ4n) is 0.916. The van der Waals surface area contributed by atoms with Gasteiger partial charge in [-0.2, -0.15) is 0 Å². The molecule has 13 heavy (non-hydrogen) atoms. The Morgan fingerprint density at radius 2 is 2.23 bits per heavy atom. The average Bonchev–Trinajstić information content (AvgIpc) is 2.10. The van der Waals surface area contributed by atoms with Crippen LogP contribution in [0.3, 0.4) is 0 Å². The van der Waals surface area contributed by atoms with Gasteiger partial charge in [-0.05, 0) is 18.2 Å². The lowest BCUT2D eigenvalue weighted by molar-refractivity contribution is 0.0988. The topological polar surface area (TPSA) is 37.3 Å². The Bertz CT molecular complexity index is 325. The van der Waals surface area contributed by atoms with Gasteiger partial charge in [0, 0.05) is 17.9 Å². The van der Waals surface area contributed by atoms with Gasteiger partial charge in [-0.15, -0.1) is 11.6 Å². The highest BCUT2D eigenvalue weighted by Crippen LogP contribution is 2.17. The zero-order valence-corrected chi connectivity index (χ0v) is 7.51. The number of phenols is 1. The molecule has 0 aliphatic heterocycles. The summed E-state index contributed by atoms with van der Waals surface area (Å²) in [5.41, 5.74) is 0.277. The second kappa shape index (κ2) is 4.23. The number of carbonyl (C=O) groups is 1. The number of benzene rings is 1. The van der Waals surface area contributed by atoms with Crippen LogP contribution in [0.5, 0.6) is 5.75 Å². The van der Waals surface area contributed by atoms with Crippen LogP contribution in [-0.4, -0.2) is 16.8 Å². The summed E-state index contributed by atoms with van der Waals surface area (Å²) in [6.07, 6.45) is 0.187. The number of aromatic hydroxyl groups is 1. The smallest absolute Gasteiger partial charge is 0.164 e. The van der Waals surface area contributed by atoms with Gasteiger partial charge < -0.3 is 5.11 Å². The molecule has 0 atom stereocenters. The monoisotopic (exact) mass is 202 g/mol. The number of halogens is 2. The molecule has 0 radical (unpaired) electrons. The third kappa shape index (κ3) is 2.42. The summed E-state index contributed by atoms with van der Waals surface area (Å²) in [5, 5.41) is 8.96. The van der Waals surface area contributed by atoms with Crippen molar-refractivity contribution in [2.45, 2.75) is 6.42 Å². The van der Waals surface area contributed by atoms with Crippen molar-refractivity contribution in [1.82, 2.24) is 0 Å². The normalized spacial score (nSPS) is 10.0. The van der Waals surface area contributed by atoms with Crippen LogP contribution in [0.1, 0.15) is 16.8 Å². The summed E-state index contributed by atoms with van der Waals surface area (Å²) in [6, 6.07) is 3.48. The molecule has 0 heterocycles.